The van der Waals surface area contributed by atoms with Crippen molar-refractivity contribution in [1.29, 1.82) is 0 Å². The van der Waals surface area contributed by atoms with Gasteiger partial charge in [0.25, 0.3) is 5.91 Å². The van der Waals surface area contributed by atoms with E-state index in [1.165, 1.54) is 0 Å². The highest BCUT2D eigenvalue weighted by atomic mass is 16.5. The highest BCUT2D eigenvalue weighted by Gasteiger charge is 2.06. The van der Waals surface area contributed by atoms with Gasteiger partial charge in [-0.05, 0) is 25.5 Å². The van der Waals surface area contributed by atoms with Gasteiger partial charge in [0.05, 0.1) is 11.3 Å². The van der Waals surface area contributed by atoms with Crippen LogP contribution in [0.1, 0.15) is 22.5 Å². The van der Waals surface area contributed by atoms with E-state index < -0.39 is 0 Å². The van der Waals surface area contributed by atoms with Crippen LogP contribution in [0.5, 0.6) is 0 Å². The van der Waals surface area contributed by atoms with E-state index in [0.717, 1.165) is 17.8 Å². The Balaban J connectivity index is 2.03. The maximum Gasteiger partial charge on any atom is 0.252 e. The Morgan fingerprint density at radius 1 is 1.44 bits per heavy atom. The molecule has 0 aromatic carbocycles. The van der Waals surface area contributed by atoms with Gasteiger partial charge in [-0.15, -0.1) is 0 Å². The molecule has 0 unspecified atom stereocenters. The first kappa shape index (κ1) is 12.6. The molecular weight excluding hydrogens is 230 g/mol. The summed E-state index contributed by atoms with van der Waals surface area (Å²) in [5.41, 5.74) is 2.42. The fraction of sp³-hybridized carbons (Fsp3) is 0.385. The molecule has 2 rings (SSSR count). The van der Waals surface area contributed by atoms with Crippen molar-refractivity contribution < 1.29 is 9.53 Å². The van der Waals surface area contributed by atoms with E-state index in [-0.39, 0.29) is 5.91 Å². The zero-order chi connectivity index (χ0) is 13.0. The van der Waals surface area contributed by atoms with E-state index >= 15 is 0 Å². The molecule has 1 N–H and O–H groups in total. The number of aromatic nitrogens is 2. The van der Waals surface area contributed by atoms with Crippen LogP contribution in [0.15, 0.2) is 24.5 Å². The molecule has 1 amide bonds. The fourth-order valence-electron chi connectivity index (χ4n) is 1.77. The predicted molar refractivity (Wildman–Crippen MR) is 68.8 cm³/mol. The SMILES string of the molecule is COCCCNC(=O)c1ccc2nc(C)cn2c1. The van der Waals surface area contributed by atoms with Crippen LogP contribution in [0, 0.1) is 6.92 Å². The van der Waals surface area contributed by atoms with Gasteiger partial charge in [0.15, 0.2) is 0 Å². The Kier molecular flexibility index (Phi) is 3.94. The summed E-state index contributed by atoms with van der Waals surface area (Å²) < 4.78 is 6.79. The number of nitrogens with zero attached hydrogens (tertiary/aromatic N) is 2. The van der Waals surface area contributed by atoms with Crippen molar-refractivity contribution in [1.82, 2.24) is 14.7 Å². The molecule has 2 aromatic heterocycles. The lowest BCUT2D eigenvalue weighted by molar-refractivity contribution is 0.0948. The van der Waals surface area contributed by atoms with Crippen molar-refractivity contribution in [2.75, 3.05) is 20.3 Å². The largest absolute Gasteiger partial charge is 0.385 e. The van der Waals surface area contributed by atoms with Crippen LogP contribution in [-0.4, -0.2) is 35.6 Å². The third kappa shape index (κ3) is 2.87. The molecule has 0 aliphatic carbocycles. The number of methoxy groups -OCH3 is 1. The van der Waals surface area contributed by atoms with E-state index in [0.29, 0.717) is 18.7 Å². The van der Waals surface area contributed by atoms with Crippen molar-refractivity contribution in [3.05, 3.63) is 35.8 Å². The number of carbonyl (C=O) groups is 1. The number of nitrogens with one attached hydrogen (secondary N) is 1. The molecule has 0 fully saturated rings. The summed E-state index contributed by atoms with van der Waals surface area (Å²) in [5.74, 6) is -0.0700. The quantitative estimate of drug-likeness (QED) is 0.813. The molecule has 0 aliphatic rings. The van der Waals surface area contributed by atoms with Gasteiger partial charge < -0.3 is 14.5 Å². The first-order valence-electron chi connectivity index (χ1n) is 5.93. The summed E-state index contributed by atoms with van der Waals surface area (Å²) in [4.78, 5) is 16.2. The standard InChI is InChI=1S/C13H17N3O2/c1-10-8-16-9-11(4-5-12(16)15-10)13(17)14-6-3-7-18-2/h4-5,8-9H,3,6-7H2,1-2H3,(H,14,17). The minimum Gasteiger partial charge on any atom is -0.385 e. The van der Waals surface area contributed by atoms with Gasteiger partial charge in [-0.2, -0.15) is 0 Å². The van der Waals surface area contributed by atoms with Crippen molar-refractivity contribution in [3.63, 3.8) is 0 Å². The Labute approximate surface area is 106 Å². The molecule has 0 radical (unpaired) electrons. The number of amides is 1. The second-order valence-electron chi connectivity index (χ2n) is 4.17. The predicted octanol–water partition coefficient (Wildman–Crippen LogP) is 1.41. The van der Waals surface area contributed by atoms with Crippen LogP contribution in [0.4, 0.5) is 0 Å². The van der Waals surface area contributed by atoms with Gasteiger partial charge in [-0.1, -0.05) is 0 Å². The Bertz CT molecular complexity index is 548. The number of rotatable bonds is 5. The van der Waals surface area contributed by atoms with E-state index in [1.807, 2.05) is 23.6 Å². The average Bonchev–Trinajstić information content (AvgIpc) is 2.73. The van der Waals surface area contributed by atoms with Crippen molar-refractivity contribution in [3.8, 4) is 0 Å². The number of hydrogen-bond donors (Lipinski definition) is 1. The summed E-state index contributed by atoms with van der Waals surface area (Å²) in [6.07, 6.45) is 4.51. The number of fused-ring (bicyclic) bond motifs is 1. The number of hydrogen-bond acceptors (Lipinski definition) is 3. The molecule has 0 spiro atoms. The minimum absolute atomic E-state index is 0.0700. The van der Waals surface area contributed by atoms with Crippen LogP contribution in [-0.2, 0) is 4.74 Å². The van der Waals surface area contributed by atoms with Crippen molar-refractivity contribution in [2.24, 2.45) is 0 Å². The molecule has 0 saturated carbocycles. The van der Waals surface area contributed by atoms with Crippen LogP contribution in [0.3, 0.4) is 0 Å². The molecule has 2 heterocycles. The van der Waals surface area contributed by atoms with Crippen LogP contribution in [0.2, 0.25) is 0 Å². The average molecular weight is 247 g/mol. The van der Waals surface area contributed by atoms with Gasteiger partial charge in [-0.3, -0.25) is 4.79 Å². The molecule has 5 heteroatoms. The first-order valence-corrected chi connectivity index (χ1v) is 5.93. The normalized spacial score (nSPS) is 10.8. The van der Waals surface area contributed by atoms with E-state index in [9.17, 15) is 4.79 Å². The third-order valence-electron chi connectivity index (χ3n) is 2.64. The van der Waals surface area contributed by atoms with Crippen molar-refractivity contribution >= 4 is 11.6 Å². The molecule has 0 bridgehead atoms. The van der Waals surface area contributed by atoms with Crippen molar-refractivity contribution in [2.45, 2.75) is 13.3 Å². The molecular formula is C13H17N3O2. The second kappa shape index (κ2) is 5.64. The van der Waals surface area contributed by atoms with E-state index in [4.69, 9.17) is 4.74 Å². The molecule has 0 aliphatic heterocycles. The zero-order valence-electron chi connectivity index (χ0n) is 10.6. The second-order valence-corrected chi connectivity index (χ2v) is 4.17. The van der Waals surface area contributed by atoms with Gasteiger partial charge in [-0.25, -0.2) is 4.98 Å². The zero-order valence-corrected chi connectivity index (χ0v) is 10.6. The number of aryl methyl sites for hydroxylation is 1. The maximum absolute atomic E-state index is 11.9. The number of carbonyl (C=O) groups excluding carboxylic acids is 1. The lowest BCUT2D eigenvalue weighted by Crippen LogP contribution is -2.25. The monoisotopic (exact) mass is 247 g/mol. The highest BCUT2D eigenvalue weighted by molar-refractivity contribution is 5.94. The Hall–Kier alpha value is -1.88. The fourth-order valence-corrected chi connectivity index (χ4v) is 1.77. The Morgan fingerprint density at radius 2 is 2.28 bits per heavy atom. The van der Waals surface area contributed by atoms with Gasteiger partial charge in [0.1, 0.15) is 5.65 Å². The molecule has 5 nitrogen and oxygen atoms in total. The summed E-state index contributed by atoms with van der Waals surface area (Å²) in [6.45, 7) is 3.20. The lowest BCUT2D eigenvalue weighted by atomic mass is 10.2. The van der Waals surface area contributed by atoms with Gasteiger partial charge in [0.2, 0.25) is 0 Å². The molecule has 0 saturated heterocycles. The summed E-state index contributed by atoms with van der Waals surface area (Å²) in [7, 11) is 1.65. The number of pyridine rings is 1. The molecule has 0 atom stereocenters. The topological polar surface area (TPSA) is 55.6 Å². The van der Waals surface area contributed by atoms with Crippen LogP contribution in [0.25, 0.3) is 5.65 Å². The van der Waals surface area contributed by atoms with Crippen LogP contribution < -0.4 is 5.32 Å². The third-order valence-corrected chi connectivity index (χ3v) is 2.64. The summed E-state index contributed by atoms with van der Waals surface area (Å²) in [6, 6.07) is 3.63. The molecule has 2 aromatic rings. The maximum atomic E-state index is 11.9. The molecule has 18 heavy (non-hydrogen) atoms. The smallest absolute Gasteiger partial charge is 0.252 e. The highest BCUT2D eigenvalue weighted by Crippen LogP contribution is 2.07. The lowest BCUT2D eigenvalue weighted by Gasteiger charge is -2.05. The van der Waals surface area contributed by atoms with Crippen LogP contribution >= 0.6 is 0 Å². The van der Waals surface area contributed by atoms with E-state index in [2.05, 4.69) is 10.3 Å². The number of imidazole rings is 1. The first-order chi connectivity index (χ1) is 8.70. The minimum atomic E-state index is -0.0700. The van der Waals surface area contributed by atoms with E-state index in [1.54, 1.807) is 19.4 Å². The Morgan fingerprint density at radius 3 is 3.06 bits per heavy atom. The van der Waals surface area contributed by atoms with Gasteiger partial charge >= 0.3 is 0 Å². The summed E-state index contributed by atoms with van der Waals surface area (Å²) in [5, 5.41) is 2.85. The molecule has 96 valence electrons. The summed E-state index contributed by atoms with van der Waals surface area (Å²) >= 11 is 0. The number of ether oxygens (including phenoxy) is 1. The van der Waals surface area contributed by atoms with Gasteiger partial charge in [0, 0.05) is 32.7 Å².